The Morgan fingerprint density at radius 1 is 1.10 bits per heavy atom. The van der Waals surface area contributed by atoms with Crippen molar-refractivity contribution in [3.63, 3.8) is 0 Å². The fraction of sp³-hybridized carbons (Fsp3) is 0.350. The van der Waals surface area contributed by atoms with Gasteiger partial charge in [0, 0.05) is 38.8 Å². The molecule has 0 aromatic heterocycles. The van der Waals surface area contributed by atoms with Gasteiger partial charge in [-0.05, 0) is 30.8 Å². The minimum Gasteiger partial charge on any atom is -0.477 e. The van der Waals surface area contributed by atoms with Crippen molar-refractivity contribution in [2.24, 2.45) is 0 Å². The molecule has 1 N–H and O–H groups in total. The molecule has 1 aliphatic rings. The lowest BCUT2D eigenvalue weighted by molar-refractivity contribution is -0.385. The number of hydrogen-bond acceptors (Lipinski definition) is 7. The molecule has 0 atom stereocenters. The second kappa shape index (κ2) is 9.86. The molecule has 1 aliphatic heterocycles. The zero-order valence-corrected chi connectivity index (χ0v) is 17.9. The monoisotopic (exact) mass is 448 g/mol. The summed E-state index contributed by atoms with van der Waals surface area (Å²) in [5.74, 6) is -0.437. The summed E-state index contributed by atoms with van der Waals surface area (Å²) in [5, 5.41) is 13.6. The molecule has 11 heteroatoms. The number of para-hydroxylation sites is 2. The van der Waals surface area contributed by atoms with Gasteiger partial charge in [0.15, 0.2) is 12.4 Å². The first-order valence-corrected chi connectivity index (χ1v) is 11.1. The van der Waals surface area contributed by atoms with Crippen molar-refractivity contribution >= 4 is 21.6 Å². The van der Waals surface area contributed by atoms with Crippen LogP contribution in [0, 0.1) is 10.1 Å². The van der Waals surface area contributed by atoms with Gasteiger partial charge >= 0.3 is 5.69 Å². The highest BCUT2D eigenvalue weighted by Crippen LogP contribution is 2.25. The number of sulfonamides is 1. The minimum absolute atomic E-state index is 0.0149. The van der Waals surface area contributed by atoms with E-state index in [0.29, 0.717) is 26.2 Å². The zero-order valence-electron chi connectivity index (χ0n) is 17.1. The van der Waals surface area contributed by atoms with E-state index >= 15 is 0 Å². The Kier molecular flexibility index (Phi) is 7.21. The number of piperazine rings is 1. The van der Waals surface area contributed by atoms with E-state index < -0.39 is 20.9 Å². The van der Waals surface area contributed by atoms with Crippen LogP contribution in [0.5, 0.6) is 5.75 Å². The van der Waals surface area contributed by atoms with Crippen LogP contribution in [0.3, 0.4) is 0 Å². The summed E-state index contributed by atoms with van der Waals surface area (Å²) >= 11 is 0. The lowest BCUT2D eigenvalue weighted by Gasteiger charge is -2.31. The van der Waals surface area contributed by atoms with Gasteiger partial charge in [-0.1, -0.05) is 24.3 Å². The molecule has 166 valence electrons. The van der Waals surface area contributed by atoms with Crippen molar-refractivity contribution in [3.8, 4) is 5.75 Å². The van der Waals surface area contributed by atoms with Gasteiger partial charge in [0.2, 0.25) is 10.0 Å². The molecule has 0 unspecified atom stereocenters. The Bertz CT molecular complexity index is 1030. The van der Waals surface area contributed by atoms with Crippen molar-refractivity contribution < 1.29 is 22.9 Å². The summed E-state index contributed by atoms with van der Waals surface area (Å²) < 4.78 is 32.2. The van der Waals surface area contributed by atoms with Crippen molar-refractivity contribution in [3.05, 3.63) is 64.2 Å². The van der Waals surface area contributed by atoms with Crippen LogP contribution in [-0.4, -0.2) is 68.3 Å². The molecule has 1 heterocycles. The summed E-state index contributed by atoms with van der Waals surface area (Å²) in [5.41, 5.74) is 0.504. The topological polar surface area (TPSA) is 122 Å². The van der Waals surface area contributed by atoms with Gasteiger partial charge in [-0.3, -0.25) is 14.9 Å². The zero-order chi connectivity index (χ0) is 22.4. The van der Waals surface area contributed by atoms with Crippen LogP contribution in [0.25, 0.3) is 0 Å². The minimum atomic E-state index is -3.54. The molecule has 0 saturated carbocycles. The number of nitro groups is 1. The Morgan fingerprint density at radius 3 is 2.39 bits per heavy atom. The highest BCUT2D eigenvalue weighted by atomic mass is 32.2. The molecule has 0 aliphatic carbocycles. The number of likely N-dealkylation sites (N-methyl/N-ethyl adjacent to an activating group) is 1. The molecule has 3 rings (SSSR count). The number of carbonyl (C=O) groups excluding carboxylic acids is 1. The van der Waals surface area contributed by atoms with Gasteiger partial charge in [0.1, 0.15) is 0 Å². The van der Waals surface area contributed by atoms with Crippen molar-refractivity contribution in [2.45, 2.75) is 11.4 Å². The predicted molar refractivity (Wildman–Crippen MR) is 113 cm³/mol. The Balaban J connectivity index is 1.52. The highest BCUT2D eigenvalue weighted by molar-refractivity contribution is 7.89. The van der Waals surface area contributed by atoms with E-state index in [1.807, 2.05) is 7.05 Å². The second-order valence-corrected chi connectivity index (χ2v) is 9.08. The first kappa shape index (κ1) is 22.7. The van der Waals surface area contributed by atoms with Gasteiger partial charge in [-0.2, -0.15) is 4.31 Å². The van der Waals surface area contributed by atoms with E-state index in [0.717, 1.165) is 5.56 Å². The largest absolute Gasteiger partial charge is 0.477 e. The fourth-order valence-electron chi connectivity index (χ4n) is 3.08. The summed E-state index contributed by atoms with van der Waals surface area (Å²) in [4.78, 5) is 24.7. The van der Waals surface area contributed by atoms with E-state index in [4.69, 9.17) is 4.74 Å². The molecule has 1 amide bonds. The third-order valence-electron chi connectivity index (χ3n) is 4.93. The van der Waals surface area contributed by atoms with Gasteiger partial charge in [0.25, 0.3) is 5.91 Å². The second-order valence-electron chi connectivity index (χ2n) is 7.14. The highest BCUT2D eigenvalue weighted by Gasteiger charge is 2.27. The van der Waals surface area contributed by atoms with Gasteiger partial charge < -0.3 is 15.0 Å². The number of carbonyl (C=O) groups is 1. The fourth-order valence-corrected chi connectivity index (χ4v) is 4.50. The molecule has 2 aromatic rings. The lowest BCUT2D eigenvalue weighted by Crippen LogP contribution is -2.47. The first-order valence-electron chi connectivity index (χ1n) is 9.68. The smallest absolute Gasteiger partial charge is 0.310 e. The van der Waals surface area contributed by atoms with E-state index in [2.05, 4.69) is 10.2 Å². The number of benzene rings is 2. The summed E-state index contributed by atoms with van der Waals surface area (Å²) in [7, 11) is -1.58. The molecule has 2 aromatic carbocycles. The van der Waals surface area contributed by atoms with Crippen LogP contribution < -0.4 is 10.1 Å². The number of nitro benzene ring substituents is 1. The Hall–Kier alpha value is -3.02. The van der Waals surface area contributed by atoms with Crippen LogP contribution in [-0.2, 0) is 21.4 Å². The van der Waals surface area contributed by atoms with E-state index in [-0.39, 0.29) is 29.5 Å². The van der Waals surface area contributed by atoms with Gasteiger partial charge in [-0.15, -0.1) is 0 Å². The SMILES string of the molecule is CN1CCN(S(=O)(=O)c2ccc(CNC(=O)COc3ccccc3[N+](=O)[O-])cc2)CC1. The maximum Gasteiger partial charge on any atom is 0.310 e. The Labute approximate surface area is 180 Å². The number of nitrogens with one attached hydrogen (secondary N) is 1. The quantitative estimate of drug-likeness (QED) is 0.476. The molecule has 0 bridgehead atoms. The molecule has 0 radical (unpaired) electrons. The van der Waals surface area contributed by atoms with Crippen molar-refractivity contribution in [1.29, 1.82) is 0 Å². The van der Waals surface area contributed by atoms with Crippen LogP contribution in [0.1, 0.15) is 5.56 Å². The molecule has 1 fully saturated rings. The molecule has 1 saturated heterocycles. The number of amides is 1. The lowest BCUT2D eigenvalue weighted by atomic mass is 10.2. The average molecular weight is 449 g/mol. The van der Waals surface area contributed by atoms with Crippen LogP contribution in [0.2, 0.25) is 0 Å². The van der Waals surface area contributed by atoms with Crippen LogP contribution >= 0.6 is 0 Å². The van der Waals surface area contributed by atoms with Crippen molar-refractivity contribution in [2.75, 3.05) is 39.8 Å². The Morgan fingerprint density at radius 2 is 1.74 bits per heavy atom. The standard InChI is InChI=1S/C20H24N4O6S/c1-22-10-12-23(13-11-22)31(28,29)17-8-6-16(7-9-17)14-21-20(25)15-30-19-5-3-2-4-18(19)24(26)27/h2-9H,10-15H2,1H3,(H,21,25). The normalized spacial score (nSPS) is 15.4. The summed E-state index contributed by atoms with van der Waals surface area (Å²) in [6, 6.07) is 12.2. The number of nitrogens with zero attached hydrogens (tertiary/aromatic N) is 3. The predicted octanol–water partition coefficient (Wildman–Crippen LogP) is 1.23. The average Bonchev–Trinajstić information content (AvgIpc) is 2.77. The number of rotatable bonds is 8. The maximum atomic E-state index is 12.7. The summed E-state index contributed by atoms with van der Waals surface area (Å²) in [6.07, 6.45) is 0. The van der Waals surface area contributed by atoms with E-state index in [1.165, 1.54) is 34.6 Å². The van der Waals surface area contributed by atoms with Crippen molar-refractivity contribution in [1.82, 2.24) is 14.5 Å². The molecule has 31 heavy (non-hydrogen) atoms. The van der Waals surface area contributed by atoms with Crippen LogP contribution in [0.15, 0.2) is 53.4 Å². The van der Waals surface area contributed by atoms with Gasteiger partial charge in [-0.25, -0.2) is 8.42 Å². The molecular weight excluding hydrogens is 424 g/mol. The van der Waals surface area contributed by atoms with E-state index in [9.17, 15) is 23.3 Å². The molecule has 10 nitrogen and oxygen atoms in total. The third-order valence-corrected chi connectivity index (χ3v) is 6.85. The molecular formula is C20H24N4O6S. The maximum absolute atomic E-state index is 12.7. The van der Waals surface area contributed by atoms with Crippen LogP contribution in [0.4, 0.5) is 5.69 Å². The number of hydrogen-bond donors (Lipinski definition) is 1. The first-order chi connectivity index (χ1) is 14.8. The summed E-state index contributed by atoms with van der Waals surface area (Å²) in [6.45, 7) is 2.09. The van der Waals surface area contributed by atoms with E-state index in [1.54, 1.807) is 18.2 Å². The number of ether oxygens (including phenoxy) is 1. The molecule has 0 spiro atoms. The third kappa shape index (κ3) is 5.78. The van der Waals surface area contributed by atoms with Gasteiger partial charge in [0.05, 0.1) is 9.82 Å².